The highest BCUT2D eigenvalue weighted by molar-refractivity contribution is 5.23. The Kier molecular flexibility index (Phi) is 3.85. The van der Waals surface area contributed by atoms with Crippen LogP contribution >= 0.6 is 0 Å². The maximum Gasteiger partial charge on any atom is 0.396 e. The van der Waals surface area contributed by atoms with Gasteiger partial charge in [-0.2, -0.15) is 13.2 Å². The van der Waals surface area contributed by atoms with Crippen molar-refractivity contribution >= 4 is 0 Å². The van der Waals surface area contributed by atoms with Crippen LogP contribution in [-0.2, 0) is 12.8 Å². The minimum Gasteiger partial charge on any atom is -0.313 e. The second-order valence-electron chi connectivity index (χ2n) is 4.57. The topological polar surface area (TPSA) is 37.8 Å². The number of nitrogens with one attached hydrogen (secondary N) is 1. The fourth-order valence-electron chi connectivity index (χ4n) is 2.32. The van der Waals surface area contributed by atoms with Gasteiger partial charge < -0.3 is 5.32 Å². The molecule has 0 amide bonds. The van der Waals surface area contributed by atoms with Crippen LogP contribution in [0.2, 0.25) is 0 Å². The number of rotatable bonds is 2. The second-order valence-corrected chi connectivity index (χ2v) is 4.57. The van der Waals surface area contributed by atoms with E-state index in [0.717, 1.165) is 36.9 Å². The molecule has 100 valence electrons. The van der Waals surface area contributed by atoms with E-state index in [4.69, 9.17) is 0 Å². The monoisotopic (exact) mass is 259 g/mol. The van der Waals surface area contributed by atoms with Crippen LogP contribution in [0.5, 0.6) is 0 Å². The zero-order chi connectivity index (χ0) is 13.2. The van der Waals surface area contributed by atoms with E-state index in [0.29, 0.717) is 0 Å². The summed E-state index contributed by atoms with van der Waals surface area (Å²) < 4.78 is 36.9. The van der Waals surface area contributed by atoms with E-state index < -0.39 is 12.6 Å². The van der Waals surface area contributed by atoms with Gasteiger partial charge in [0.25, 0.3) is 0 Å². The molecule has 0 radical (unpaired) electrons. The molecule has 6 heteroatoms. The fraction of sp³-hybridized carbons (Fsp3) is 0.667. The number of aryl methyl sites for hydroxylation is 1. The van der Waals surface area contributed by atoms with Gasteiger partial charge in [0.05, 0.1) is 0 Å². The standard InChI is InChI=1S/C12H16F3N3/c1-16-9-4-2-3-5-10-8(9)7-17-11(18-10)6-12(13,14)15/h7,9,16H,2-6H2,1H3. The van der Waals surface area contributed by atoms with Crippen LogP contribution in [0.4, 0.5) is 13.2 Å². The predicted octanol–water partition coefficient (Wildman–Crippen LogP) is 2.57. The Morgan fingerprint density at radius 3 is 2.83 bits per heavy atom. The Bertz CT molecular complexity index is 418. The van der Waals surface area contributed by atoms with Crippen molar-refractivity contribution in [2.24, 2.45) is 0 Å². The molecular weight excluding hydrogens is 243 g/mol. The first kappa shape index (κ1) is 13.3. The van der Waals surface area contributed by atoms with E-state index in [2.05, 4.69) is 15.3 Å². The molecule has 1 heterocycles. The zero-order valence-corrected chi connectivity index (χ0v) is 10.2. The molecule has 2 rings (SSSR count). The number of hydrogen-bond acceptors (Lipinski definition) is 3. The molecule has 1 aliphatic carbocycles. The first-order valence-corrected chi connectivity index (χ1v) is 6.08. The van der Waals surface area contributed by atoms with Gasteiger partial charge in [0.2, 0.25) is 0 Å². The van der Waals surface area contributed by atoms with Gasteiger partial charge in [-0.15, -0.1) is 0 Å². The number of fused-ring (bicyclic) bond motifs is 1. The summed E-state index contributed by atoms with van der Waals surface area (Å²) in [7, 11) is 1.85. The first-order chi connectivity index (χ1) is 8.49. The molecule has 1 unspecified atom stereocenters. The quantitative estimate of drug-likeness (QED) is 0.829. The highest BCUT2D eigenvalue weighted by atomic mass is 19.4. The Morgan fingerprint density at radius 1 is 1.39 bits per heavy atom. The number of halogens is 3. The molecule has 1 N–H and O–H groups in total. The summed E-state index contributed by atoms with van der Waals surface area (Å²) in [4.78, 5) is 7.93. The van der Waals surface area contributed by atoms with Crippen LogP contribution in [-0.4, -0.2) is 23.2 Å². The lowest BCUT2D eigenvalue weighted by atomic mass is 10.1. The van der Waals surface area contributed by atoms with Crippen LogP contribution in [0.3, 0.4) is 0 Å². The van der Waals surface area contributed by atoms with Crippen molar-refractivity contribution in [2.75, 3.05) is 7.05 Å². The average Bonchev–Trinajstić information content (AvgIpc) is 2.48. The van der Waals surface area contributed by atoms with Crippen molar-refractivity contribution < 1.29 is 13.2 Å². The van der Waals surface area contributed by atoms with E-state index in [-0.39, 0.29) is 11.9 Å². The lowest BCUT2D eigenvalue weighted by Crippen LogP contribution is -2.19. The van der Waals surface area contributed by atoms with E-state index in [1.54, 1.807) is 6.20 Å². The predicted molar refractivity (Wildman–Crippen MR) is 61.1 cm³/mol. The minimum absolute atomic E-state index is 0.127. The van der Waals surface area contributed by atoms with Crippen LogP contribution < -0.4 is 5.32 Å². The van der Waals surface area contributed by atoms with Gasteiger partial charge in [-0.1, -0.05) is 6.42 Å². The van der Waals surface area contributed by atoms with E-state index in [1.165, 1.54) is 0 Å². The summed E-state index contributed by atoms with van der Waals surface area (Å²) in [6.07, 6.45) is -0.0156. The van der Waals surface area contributed by atoms with E-state index in [9.17, 15) is 13.2 Å². The number of aromatic nitrogens is 2. The summed E-state index contributed by atoms with van der Waals surface area (Å²) >= 11 is 0. The largest absolute Gasteiger partial charge is 0.396 e. The Morgan fingerprint density at radius 2 is 2.17 bits per heavy atom. The number of hydrogen-bond donors (Lipinski definition) is 1. The highest BCUT2D eigenvalue weighted by Gasteiger charge is 2.30. The molecule has 1 aromatic rings. The molecule has 0 aliphatic heterocycles. The van der Waals surface area contributed by atoms with Crippen molar-refractivity contribution in [3.63, 3.8) is 0 Å². The third-order valence-corrected chi connectivity index (χ3v) is 3.19. The average molecular weight is 259 g/mol. The van der Waals surface area contributed by atoms with Crippen LogP contribution in [0.25, 0.3) is 0 Å². The highest BCUT2D eigenvalue weighted by Crippen LogP contribution is 2.27. The summed E-state index contributed by atoms with van der Waals surface area (Å²) in [6.45, 7) is 0. The third kappa shape index (κ3) is 3.19. The minimum atomic E-state index is -4.25. The SMILES string of the molecule is CNC1CCCCc2nc(CC(F)(F)F)ncc21. The molecule has 1 atom stereocenters. The molecule has 0 bridgehead atoms. The molecule has 3 nitrogen and oxygen atoms in total. The van der Waals surface area contributed by atoms with Crippen molar-refractivity contribution in [3.8, 4) is 0 Å². The van der Waals surface area contributed by atoms with Gasteiger partial charge in [0.15, 0.2) is 0 Å². The molecule has 0 saturated carbocycles. The zero-order valence-electron chi connectivity index (χ0n) is 10.2. The maximum absolute atomic E-state index is 12.3. The second kappa shape index (κ2) is 5.22. The van der Waals surface area contributed by atoms with Crippen LogP contribution in [0, 0.1) is 0 Å². The maximum atomic E-state index is 12.3. The molecule has 0 spiro atoms. The number of nitrogens with zero attached hydrogens (tertiary/aromatic N) is 2. The number of alkyl halides is 3. The first-order valence-electron chi connectivity index (χ1n) is 6.08. The van der Waals surface area contributed by atoms with Crippen molar-refractivity contribution in [1.82, 2.24) is 15.3 Å². The molecule has 0 aromatic carbocycles. The van der Waals surface area contributed by atoms with Gasteiger partial charge in [-0.05, 0) is 26.3 Å². The van der Waals surface area contributed by atoms with Crippen molar-refractivity contribution in [3.05, 3.63) is 23.3 Å². The molecule has 1 aliphatic rings. The van der Waals surface area contributed by atoms with Gasteiger partial charge in [-0.25, -0.2) is 9.97 Å². The Labute approximate surface area is 104 Å². The van der Waals surface area contributed by atoms with Gasteiger partial charge >= 0.3 is 6.18 Å². The van der Waals surface area contributed by atoms with Crippen LogP contribution in [0.1, 0.15) is 42.4 Å². The normalized spacial score (nSPS) is 20.3. The van der Waals surface area contributed by atoms with E-state index in [1.807, 2.05) is 7.05 Å². The third-order valence-electron chi connectivity index (χ3n) is 3.19. The summed E-state index contributed by atoms with van der Waals surface area (Å²) in [5.74, 6) is -0.127. The lowest BCUT2D eigenvalue weighted by molar-refractivity contribution is -0.128. The molecule has 0 fully saturated rings. The van der Waals surface area contributed by atoms with Gasteiger partial charge in [0, 0.05) is 23.5 Å². The molecule has 1 aromatic heterocycles. The Hall–Kier alpha value is -1.17. The molecular formula is C12H16F3N3. The van der Waals surface area contributed by atoms with E-state index >= 15 is 0 Å². The fourth-order valence-corrected chi connectivity index (χ4v) is 2.32. The summed E-state index contributed by atoms with van der Waals surface area (Å²) in [5.41, 5.74) is 1.71. The van der Waals surface area contributed by atoms with Crippen molar-refractivity contribution in [1.29, 1.82) is 0 Å². The van der Waals surface area contributed by atoms with Crippen molar-refractivity contribution in [2.45, 2.75) is 44.3 Å². The van der Waals surface area contributed by atoms with Gasteiger partial charge in [0.1, 0.15) is 12.2 Å². The summed E-state index contributed by atoms with van der Waals surface area (Å²) in [6, 6.07) is 0.155. The van der Waals surface area contributed by atoms with Gasteiger partial charge in [-0.3, -0.25) is 0 Å². The summed E-state index contributed by atoms with van der Waals surface area (Å²) in [5, 5.41) is 3.17. The Balaban J connectivity index is 2.27. The smallest absolute Gasteiger partial charge is 0.313 e. The lowest BCUT2D eigenvalue weighted by Gasteiger charge is -2.16. The van der Waals surface area contributed by atoms with Crippen LogP contribution in [0.15, 0.2) is 6.20 Å². The molecule has 18 heavy (non-hydrogen) atoms. The molecule has 0 saturated heterocycles.